The number of rotatable bonds is 4. The largest absolute Gasteiger partial charge is 0.434 e. The van der Waals surface area contributed by atoms with E-state index in [0.29, 0.717) is 16.4 Å². The first-order valence-electron chi connectivity index (χ1n) is 9.76. The molecule has 1 aliphatic rings. The maximum absolute atomic E-state index is 11.2. The lowest BCUT2D eigenvalue weighted by atomic mass is 10.1. The summed E-state index contributed by atoms with van der Waals surface area (Å²) in [5.41, 5.74) is 7.73. The minimum absolute atomic E-state index is 0.169. The Morgan fingerprint density at radius 1 is 1.25 bits per heavy atom. The lowest BCUT2D eigenvalue weighted by molar-refractivity contribution is -0.114. The number of fused-ring (bicyclic) bond motifs is 1. The number of aromatic nitrogens is 4. The lowest BCUT2D eigenvalue weighted by Gasteiger charge is -2.12. The van der Waals surface area contributed by atoms with Crippen molar-refractivity contribution in [3.05, 3.63) is 59.6 Å². The first-order valence-corrected chi connectivity index (χ1v) is 10.1. The van der Waals surface area contributed by atoms with Crippen molar-refractivity contribution in [2.75, 3.05) is 10.6 Å². The number of aryl methyl sites for hydroxylation is 1. The van der Waals surface area contributed by atoms with E-state index in [1.165, 1.54) is 6.92 Å². The van der Waals surface area contributed by atoms with Gasteiger partial charge < -0.3 is 20.4 Å². The molecule has 0 bridgehead atoms. The van der Waals surface area contributed by atoms with Gasteiger partial charge in [-0.05, 0) is 24.3 Å². The van der Waals surface area contributed by atoms with Crippen molar-refractivity contribution in [1.29, 1.82) is 0 Å². The minimum Gasteiger partial charge on any atom is -0.434 e. The van der Waals surface area contributed by atoms with Crippen LogP contribution in [0.4, 0.5) is 11.4 Å². The van der Waals surface area contributed by atoms with Crippen LogP contribution < -0.4 is 16.1 Å². The summed E-state index contributed by atoms with van der Waals surface area (Å²) in [6.45, 7) is 1.44. The fourth-order valence-electron chi connectivity index (χ4n) is 3.45. The number of hydrogen-bond acceptors (Lipinski definition) is 7. The van der Waals surface area contributed by atoms with Gasteiger partial charge in [0.05, 0.1) is 16.9 Å². The van der Waals surface area contributed by atoms with E-state index in [2.05, 4.69) is 36.2 Å². The number of aromatic amines is 1. The second-order valence-electron chi connectivity index (χ2n) is 7.31. The van der Waals surface area contributed by atoms with E-state index in [4.69, 9.17) is 16.3 Å². The highest BCUT2D eigenvalue weighted by Crippen LogP contribution is 2.31. The third-order valence-corrected chi connectivity index (χ3v) is 5.24. The number of nitrogens with one attached hydrogen (secondary N) is 4. The average molecular weight is 451 g/mol. The van der Waals surface area contributed by atoms with Gasteiger partial charge in [0.1, 0.15) is 5.65 Å². The summed E-state index contributed by atoms with van der Waals surface area (Å²) < 4.78 is 7.70. The second kappa shape index (κ2) is 7.89. The van der Waals surface area contributed by atoms with Gasteiger partial charge in [-0.15, -0.1) is 5.10 Å². The molecule has 4 heterocycles. The Kier molecular flexibility index (Phi) is 4.91. The molecule has 3 aromatic heterocycles. The normalized spacial score (nSPS) is 15.2. The Morgan fingerprint density at radius 3 is 2.88 bits per heavy atom. The van der Waals surface area contributed by atoms with Crippen LogP contribution in [0.3, 0.4) is 0 Å². The van der Waals surface area contributed by atoms with Gasteiger partial charge in [0.25, 0.3) is 0 Å². The van der Waals surface area contributed by atoms with Crippen LogP contribution in [-0.4, -0.2) is 31.7 Å². The topological polar surface area (TPSA) is 121 Å². The molecule has 0 fully saturated rings. The third kappa shape index (κ3) is 3.83. The maximum atomic E-state index is 11.2. The van der Waals surface area contributed by atoms with Crippen LogP contribution in [0.1, 0.15) is 18.7 Å². The standard InChI is InChI=1S/C21H19ClN8O2/c1-11(31)26-14-3-4-18(17(22)6-14)27-21-29-28-20(32-21)16-9-24-19-15(16)5-12(7-23-19)13-8-25-30(2)10-13/h3-10,20,28H,1-2H3,(H,23,24)(H,26,31)(H,27,29). The molecule has 1 amide bonds. The zero-order chi connectivity index (χ0) is 22.2. The molecule has 0 spiro atoms. The van der Waals surface area contributed by atoms with Crippen molar-refractivity contribution in [1.82, 2.24) is 25.2 Å². The second-order valence-corrected chi connectivity index (χ2v) is 7.72. The van der Waals surface area contributed by atoms with Gasteiger partial charge in [-0.3, -0.25) is 14.9 Å². The van der Waals surface area contributed by atoms with Gasteiger partial charge in [-0.25, -0.2) is 4.98 Å². The third-order valence-electron chi connectivity index (χ3n) is 4.93. The van der Waals surface area contributed by atoms with E-state index < -0.39 is 6.23 Å². The van der Waals surface area contributed by atoms with Crippen LogP contribution >= 0.6 is 11.6 Å². The molecule has 4 N–H and O–H groups in total. The van der Waals surface area contributed by atoms with Crippen molar-refractivity contribution in [2.45, 2.75) is 13.2 Å². The summed E-state index contributed by atoms with van der Waals surface area (Å²) in [5, 5.41) is 15.5. The highest BCUT2D eigenvalue weighted by molar-refractivity contribution is 6.34. The van der Waals surface area contributed by atoms with Crippen molar-refractivity contribution >= 4 is 45.9 Å². The van der Waals surface area contributed by atoms with Crippen molar-refractivity contribution < 1.29 is 9.53 Å². The van der Waals surface area contributed by atoms with Gasteiger partial charge in [0.2, 0.25) is 12.1 Å². The lowest BCUT2D eigenvalue weighted by Crippen LogP contribution is -2.15. The van der Waals surface area contributed by atoms with Crippen LogP contribution in [0.15, 0.2) is 54.2 Å². The minimum atomic E-state index is -0.505. The van der Waals surface area contributed by atoms with Gasteiger partial charge >= 0.3 is 6.02 Å². The van der Waals surface area contributed by atoms with Crippen molar-refractivity contribution in [3.8, 4) is 11.1 Å². The van der Waals surface area contributed by atoms with Crippen LogP contribution in [0, 0.1) is 0 Å². The first kappa shape index (κ1) is 19.9. The molecule has 1 aromatic carbocycles. The van der Waals surface area contributed by atoms with Gasteiger partial charge in [0.15, 0.2) is 0 Å². The van der Waals surface area contributed by atoms with Crippen LogP contribution in [-0.2, 0) is 16.6 Å². The van der Waals surface area contributed by atoms with Crippen molar-refractivity contribution in [3.63, 3.8) is 0 Å². The molecule has 0 radical (unpaired) electrons. The number of hydrazone groups is 1. The Bertz CT molecular complexity index is 1360. The zero-order valence-electron chi connectivity index (χ0n) is 17.2. The predicted molar refractivity (Wildman–Crippen MR) is 122 cm³/mol. The molecule has 4 aromatic rings. The molecule has 1 atom stereocenters. The fraction of sp³-hybridized carbons (Fsp3) is 0.143. The zero-order valence-corrected chi connectivity index (χ0v) is 17.9. The quantitative estimate of drug-likeness (QED) is 0.377. The molecule has 0 saturated carbocycles. The van der Waals surface area contributed by atoms with Crippen LogP contribution in [0.25, 0.3) is 22.2 Å². The summed E-state index contributed by atoms with van der Waals surface area (Å²) in [4.78, 5) is 18.9. The number of amidine groups is 1. The SMILES string of the molecule is CC(=O)Nc1ccc(NC2=NNC(c3c[nH]c4ncc(-c5cnn(C)c5)cc34)O2)c(Cl)c1. The number of halogens is 1. The molecule has 0 aliphatic carbocycles. The van der Waals surface area contributed by atoms with Gasteiger partial charge in [0, 0.05) is 60.3 Å². The number of benzene rings is 1. The molecular weight excluding hydrogens is 432 g/mol. The van der Waals surface area contributed by atoms with E-state index in [1.807, 2.05) is 25.5 Å². The highest BCUT2D eigenvalue weighted by Gasteiger charge is 2.25. The number of H-pyrrole nitrogens is 1. The molecule has 162 valence electrons. The monoisotopic (exact) mass is 450 g/mol. The van der Waals surface area contributed by atoms with E-state index >= 15 is 0 Å². The number of carbonyl (C=O) groups excluding carboxylic acids is 1. The summed E-state index contributed by atoms with van der Waals surface area (Å²) in [6, 6.07) is 7.44. The number of ether oxygens (including phenoxy) is 1. The molecule has 32 heavy (non-hydrogen) atoms. The summed E-state index contributed by atoms with van der Waals surface area (Å²) in [7, 11) is 1.87. The summed E-state index contributed by atoms with van der Waals surface area (Å²) in [5.74, 6) is -0.169. The smallest absolute Gasteiger partial charge is 0.313 e. The number of anilines is 2. The van der Waals surface area contributed by atoms with E-state index in [-0.39, 0.29) is 11.9 Å². The number of amides is 1. The van der Waals surface area contributed by atoms with E-state index in [0.717, 1.165) is 27.7 Å². The molecular formula is C21H19ClN8O2. The fourth-order valence-corrected chi connectivity index (χ4v) is 3.68. The molecule has 11 heteroatoms. The average Bonchev–Trinajstić information content (AvgIpc) is 3.48. The predicted octanol–water partition coefficient (Wildman–Crippen LogP) is 3.58. The maximum Gasteiger partial charge on any atom is 0.313 e. The number of hydrogen-bond donors (Lipinski definition) is 4. The van der Waals surface area contributed by atoms with Gasteiger partial charge in [-0.1, -0.05) is 11.6 Å². The Hall–Kier alpha value is -4.05. The Labute approximate surface area is 187 Å². The molecule has 0 saturated heterocycles. The Morgan fingerprint density at radius 2 is 2.12 bits per heavy atom. The van der Waals surface area contributed by atoms with Crippen LogP contribution in [0.2, 0.25) is 5.02 Å². The Balaban J connectivity index is 1.33. The number of pyridine rings is 1. The first-order chi connectivity index (χ1) is 15.5. The number of nitrogens with zero attached hydrogens (tertiary/aromatic N) is 4. The molecule has 10 nitrogen and oxygen atoms in total. The van der Waals surface area contributed by atoms with Gasteiger partial charge in [-0.2, -0.15) is 5.10 Å². The highest BCUT2D eigenvalue weighted by atomic mass is 35.5. The molecule has 1 aliphatic heterocycles. The van der Waals surface area contributed by atoms with E-state index in [1.54, 1.807) is 35.3 Å². The summed E-state index contributed by atoms with van der Waals surface area (Å²) in [6.07, 6.45) is 6.88. The number of carbonyl (C=O) groups is 1. The van der Waals surface area contributed by atoms with Crippen LogP contribution in [0.5, 0.6) is 0 Å². The molecule has 5 rings (SSSR count). The molecule has 1 unspecified atom stereocenters. The van der Waals surface area contributed by atoms with Crippen molar-refractivity contribution in [2.24, 2.45) is 12.1 Å². The summed E-state index contributed by atoms with van der Waals surface area (Å²) >= 11 is 6.32. The van der Waals surface area contributed by atoms with E-state index in [9.17, 15) is 4.79 Å².